The Morgan fingerprint density at radius 3 is 3.00 bits per heavy atom. The van der Waals surface area contributed by atoms with Gasteiger partial charge in [0, 0.05) is 15.0 Å². The van der Waals surface area contributed by atoms with Gasteiger partial charge in [0.1, 0.15) is 17.4 Å². The smallest absolute Gasteiger partial charge is 0.138 e. The Balaban J connectivity index is 2.91. The number of methoxy groups -OCH3 is 1. The Labute approximate surface area is 91.1 Å². The van der Waals surface area contributed by atoms with Crippen LogP contribution in [-0.4, -0.2) is 7.11 Å². The minimum Gasteiger partial charge on any atom is -0.495 e. The van der Waals surface area contributed by atoms with Gasteiger partial charge in [0.25, 0.3) is 0 Å². The molecule has 0 amide bonds. The van der Waals surface area contributed by atoms with Crippen LogP contribution in [0.5, 0.6) is 5.75 Å². The molecule has 0 spiro atoms. The lowest BCUT2D eigenvalue weighted by Crippen LogP contribution is -1.88. The number of thiol groups is 1. The normalized spacial score (nSPS) is 10.1. The van der Waals surface area contributed by atoms with Crippen molar-refractivity contribution in [2.75, 3.05) is 7.11 Å². The van der Waals surface area contributed by atoms with E-state index in [-0.39, 0.29) is 0 Å². The Kier molecular flexibility index (Phi) is 2.36. The van der Waals surface area contributed by atoms with Crippen molar-refractivity contribution in [2.24, 2.45) is 0 Å². The van der Waals surface area contributed by atoms with E-state index in [2.05, 4.69) is 18.7 Å². The molecule has 2 rings (SSSR count). The van der Waals surface area contributed by atoms with Gasteiger partial charge >= 0.3 is 0 Å². The molecule has 0 aliphatic carbocycles. The second-order valence-electron chi connectivity index (χ2n) is 2.75. The highest BCUT2D eigenvalue weighted by molar-refractivity contribution is 7.80. The van der Waals surface area contributed by atoms with Crippen molar-refractivity contribution in [1.82, 2.24) is 0 Å². The van der Waals surface area contributed by atoms with Gasteiger partial charge < -0.3 is 4.74 Å². The molecule has 1 aromatic heterocycles. The standard InChI is InChI=1S/C10H7NOS2/c1-12-8-4-9(13)10-6(2-3-14-10)7(8)5-11/h2-4,13H,1H3. The molecule has 0 aliphatic heterocycles. The van der Waals surface area contributed by atoms with Crippen LogP contribution in [0.4, 0.5) is 0 Å². The second-order valence-corrected chi connectivity index (χ2v) is 4.15. The Morgan fingerprint density at radius 2 is 2.36 bits per heavy atom. The van der Waals surface area contributed by atoms with Crippen LogP contribution >= 0.6 is 24.0 Å². The molecule has 0 radical (unpaired) electrons. The zero-order valence-corrected chi connectivity index (χ0v) is 9.15. The molecular formula is C10H7NOS2. The summed E-state index contributed by atoms with van der Waals surface area (Å²) in [6.45, 7) is 0. The molecule has 0 N–H and O–H groups in total. The quantitative estimate of drug-likeness (QED) is 0.751. The molecule has 70 valence electrons. The van der Waals surface area contributed by atoms with Gasteiger partial charge in [0.15, 0.2) is 0 Å². The molecule has 0 saturated carbocycles. The van der Waals surface area contributed by atoms with Crippen molar-refractivity contribution in [2.45, 2.75) is 4.90 Å². The summed E-state index contributed by atoms with van der Waals surface area (Å²) in [6, 6.07) is 5.85. The van der Waals surface area contributed by atoms with Gasteiger partial charge in [-0.3, -0.25) is 0 Å². The second kappa shape index (κ2) is 3.52. The van der Waals surface area contributed by atoms with Crippen LogP contribution in [-0.2, 0) is 0 Å². The average Bonchev–Trinajstić information content (AvgIpc) is 2.66. The molecule has 0 fully saturated rings. The summed E-state index contributed by atoms with van der Waals surface area (Å²) < 4.78 is 6.16. The number of hydrogen-bond donors (Lipinski definition) is 1. The van der Waals surface area contributed by atoms with Crippen LogP contribution < -0.4 is 4.74 Å². The molecule has 0 bridgehead atoms. The molecule has 1 aromatic carbocycles. The van der Waals surface area contributed by atoms with E-state index in [1.54, 1.807) is 24.5 Å². The van der Waals surface area contributed by atoms with E-state index in [4.69, 9.17) is 10.00 Å². The van der Waals surface area contributed by atoms with Crippen molar-refractivity contribution < 1.29 is 4.74 Å². The Bertz CT molecular complexity index is 525. The maximum Gasteiger partial charge on any atom is 0.138 e. The fourth-order valence-electron chi connectivity index (χ4n) is 1.38. The third kappa shape index (κ3) is 1.26. The zero-order chi connectivity index (χ0) is 10.1. The number of nitriles is 1. The number of hydrogen-bond acceptors (Lipinski definition) is 4. The molecule has 1 heterocycles. The fourth-order valence-corrected chi connectivity index (χ4v) is 2.59. The van der Waals surface area contributed by atoms with Crippen molar-refractivity contribution in [1.29, 1.82) is 5.26 Å². The minimum atomic E-state index is 0.585. The van der Waals surface area contributed by atoms with Gasteiger partial charge in [-0.1, -0.05) is 0 Å². The Morgan fingerprint density at radius 1 is 1.57 bits per heavy atom. The van der Waals surface area contributed by atoms with Gasteiger partial charge in [-0.25, -0.2) is 0 Å². The van der Waals surface area contributed by atoms with E-state index in [0.717, 1.165) is 15.0 Å². The molecule has 0 atom stereocenters. The highest BCUT2D eigenvalue weighted by Gasteiger charge is 2.11. The van der Waals surface area contributed by atoms with Crippen molar-refractivity contribution in [3.05, 3.63) is 23.1 Å². The van der Waals surface area contributed by atoms with Gasteiger partial charge in [-0.05, 0) is 17.5 Å². The van der Waals surface area contributed by atoms with E-state index in [9.17, 15) is 0 Å². The third-order valence-electron chi connectivity index (χ3n) is 2.01. The van der Waals surface area contributed by atoms with E-state index >= 15 is 0 Å². The summed E-state index contributed by atoms with van der Waals surface area (Å²) in [7, 11) is 1.56. The summed E-state index contributed by atoms with van der Waals surface area (Å²) in [5, 5.41) is 11.9. The lowest BCUT2D eigenvalue weighted by atomic mass is 10.1. The number of thiophene rings is 1. The summed E-state index contributed by atoms with van der Waals surface area (Å²) in [5.41, 5.74) is 0.585. The summed E-state index contributed by atoms with van der Waals surface area (Å²) in [5.74, 6) is 0.586. The molecular weight excluding hydrogens is 214 g/mol. The van der Waals surface area contributed by atoms with E-state index < -0.39 is 0 Å². The zero-order valence-electron chi connectivity index (χ0n) is 7.44. The minimum absolute atomic E-state index is 0.585. The van der Waals surface area contributed by atoms with Crippen LogP contribution in [0.2, 0.25) is 0 Å². The first-order valence-electron chi connectivity index (χ1n) is 3.95. The van der Waals surface area contributed by atoms with E-state index in [1.165, 1.54) is 0 Å². The van der Waals surface area contributed by atoms with E-state index in [1.807, 2.05) is 11.4 Å². The number of rotatable bonds is 1. The van der Waals surface area contributed by atoms with Crippen LogP contribution in [0, 0.1) is 11.3 Å². The lowest BCUT2D eigenvalue weighted by molar-refractivity contribution is 0.413. The SMILES string of the molecule is COc1cc(S)c2sccc2c1C#N. The van der Waals surface area contributed by atoms with Crippen LogP contribution in [0.25, 0.3) is 10.1 Å². The van der Waals surface area contributed by atoms with Gasteiger partial charge in [0.05, 0.1) is 7.11 Å². The van der Waals surface area contributed by atoms with Crippen molar-refractivity contribution in [3.8, 4) is 11.8 Å². The largest absolute Gasteiger partial charge is 0.495 e. The summed E-state index contributed by atoms with van der Waals surface area (Å²) in [4.78, 5) is 0.853. The van der Waals surface area contributed by atoms with Gasteiger partial charge in [-0.15, -0.1) is 24.0 Å². The predicted molar refractivity (Wildman–Crippen MR) is 60.3 cm³/mol. The fraction of sp³-hybridized carbons (Fsp3) is 0.100. The van der Waals surface area contributed by atoms with Gasteiger partial charge in [-0.2, -0.15) is 5.26 Å². The van der Waals surface area contributed by atoms with Crippen molar-refractivity contribution in [3.63, 3.8) is 0 Å². The molecule has 2 nitrogen and oxygen atoms in total. The summed E-state index contributed by atoms with van der Waals surface area (Å²) >= 11 is 5.93. The highest BCUT2D eigenvalue weighted by atomic mass is 32.1. The maximum atomic E-state index is 9.01. The molecule has 0 aliphatic rings. The van der Waals surface area contributed by atoms with Crippen molar-refractivity contribution >= 4 is 34.1 Å². The van der Waals surface area contributed by atoms with Crippen LogP contribution in [0.1, 0.15) is 5.56 Å². The topological polar surface area (TPSA) is 33.0 Å². The van der Waals surface area contributed by atoms with Gasteiger partial charge in [0.2, 0.25) is 0 Å². The van der Waals surface area contributed by atoms with Crippen LogP contribution in [0.15, 0.2) is 22.4 Å². The average molecular weight is 221 g/mol. The molecule has 2 aromatic rings. The Hall–Kier alpha value is -1.18. The maximum absolute atomic E-state index is 9.01. The predicted octanol–water partition coefficient (Wildman–Crippen LogP) is 3.07. The number of nitrogens with zero attached hydrogens (tertiary/aromatic N) is 1. The first kappa shape index (κ1) is 9.38. The molecule has 14 heavy (non-hydrogen) atoms. The molecule has 0 saturated heterocycles. The highest BCUT2D eigenvalue weighted by Crippen LogP contribution is 2.35. The lowest BCUT2D eigenvalue weighted by Gasteiger charge is -2.05. The van der Waals surface area contributed by atoms with E-state index in [0.29, 0.717) is 11.3 Å². The number of benzene rings is 1. The first-order valence-corrected chi connectivity index (χ1v) is 5.28. The first-order chi connectivity index (χ1) is 6.77. The number of fused-ring (bicyclic) bond motifs is 1. The molecule has 0 unspecified atom stereocenters. The molecule has 4 heteroatoms. The monoisotopic (exact) mass is 221 g/mol. The van der Waals surface area contributed by atoms with Crippen LogP contribution in [0.3, 0.4) is 0 Å². The number of ether oxygens (including phenoxy) is 1. The third-order valence-corrected chi connectivity index (χ3v) is 3.46. The summed E-state index contributed by atoms with van der Waals surface area (Å²) in [6.07, 6.45) is 0.